The second-order valence-electron chi connectivity index (χ2n) is 7.30. The van der Waals surface area contributed by atoms with Crippen molar-refractivity contribution in [1.82, 2.24) is 0 Å². The first-order valence-electron chi connectivity index (χ1n) is 8.08. The molecular weight excluding hydrogens is 268 g/mol. The van der Waals surface area contributed by atoms with Crippen molar-refractivity contribution in [2.75, 3.05) is 0 Å². The van der Waals surface area contributed by atoms with E-state index in [-0.39, 0.29) is 5.54 Å². The molecule has 1 unspecified atom stereocenters. The van der Waals surface area contributed by atoms with Gasteiger partial charge in [-0.25, -0.2) is 0 Å². The molecule has 22 heavy (non-hydrogen) atoms. The van der Waals surface area contributed by atoms with Crippen LogP contribution in [0.1, 0.15) is 59.6 Å². The van der Waals surface area contributed by atoms with Crippen LogP contribution in [-0.4, -0.2) is 5.54 Å². The molecule has 0 spiro atoms. The third kappa shape index (κ3) is 3.37. The summed E-state index contributed by atoms with van der Waals surface area (Å²) in [6.07, 6.45) is 0. The molecule has 2 nitrogen and oxygen atoms in total. The van der Waals surface area contributed by atoms with Crippen LogP contribution in [-0.2, 0) is 6.54 Å². The maximum Gasteiger partial charge on any atom is 0.0855 e. The zero-order valence-corrected chi connectivity index (χ0v) is 15.0. The third-order valence-electron chi connectivity index (χ3n) is 4.56. The van der Waals surface area contributed by atoms with Crippen LogP contribution < -0.4 is 0 Å². The molecule has 1 atom stereocenters. The first-order valence-corrected chi connectivity index (χ1v) is 8.08. The standard InChI is InChI=1S/C20H28N2/c1-13-14(2)16(4)19(15(13)3)18-11-9-8-10-17(18)12-21-22-20(5,6)7/h8-11,15H,12H2,1-7H3. The molecule has 2 rings (SSSR count). The van der Waals surface area contributed by atoms with Crippen LogP contribution in [0.25, 0.3) is 5.57 Å². The SMILES string of the molecule is CC1=C(C)C(C)C(c2ccccc2CN=NC(C)(C)C)=C1C. The van der Waals surface area contributed by atoms with Gasteiger partial charge in [0.05, 0.1) is 12.1 Å². The molecular formula is C20H28N2. The van der Waals surface area contributed by atoms with Gasteiger partial charge < -0.3 is 0 Å². The van der Waals surface area contributed by atoms with Crippen molar-refractivity contribution < 1.29 is 0 Å². The Kier molecular flexibility index (Phi) is 4.69. The highest BCUT2D eigenvalue weighted by Gasteiger charge is 2.25. The quantitative estimate of drug-likeness (QED) is 0.593. The first-order chi connectivity index (χ1) is 10.2. The lowest BCUT2D eigenvalue weighted by Crippen LogP contribution is -2.08. The molecule has 0 fully saturated rings. The topological polar surface area (TPSA) is 24.7 Å². The molecule has 1 aliphatic rings. The van der Waals surface area contributed by atoms with E-state index < -0.39 is 0 Å². The predicted molar refractivity (Wildman–Crippen MR) is 94.9 cm³/mol. The lowest BCUT2D eigenvalue weighted by molar-refractivity contribution is 0.537. The maximum atomic E-state index is 4.42. The number of azo groups is 1. The zero-order chi connectivity index (χ0) is 16.5. The van der Waals surface area contributed by atoms with Crippen LogP contribution in [0.2, 0.25) is 0 Å². The van der Waals surface area contributed by atoms with Crippen LogP contribution in [0.4, 0.5) is 0 Å². The van der Waals surface area contributed by atoms with E-state index in [2.05, 4.69) is 83.0 Å². The molecule has 2 heteroatoms. The van der Waals surface area contributed by atoms with Gasteiger partial charge in [0.15, 0.2) is 0 Å². The van der Waals surface area contributed by atoms with Crippen molar-refractivity contribution >= 4 is 5.57 Å². The summed E-state index contributed by atoms with van der Waals surface area (Å²) < 4.78 is 0. The molecule has 0 saturated carbocycles. The summed E-state index contributed by atoms with van der Waals surface area (Å²) in [5, 5.41) is 8.81. The highest BCUT2D eigenvalue weighted by Crippen LogP contribution is 2.43. The lowest BCUT2D eigenvalue weighted by Gasteiger charge is -2.16. The molecule has 0 aliphatic heterocycles. The van der Waals surface area contributed by atoms with E-state index in [4.69, 9.17) is 0 Å². The summed E-state index contributed by atoms with van der Waals surface area (Å²) in [5.41, 5.74) is 8.28. The molecule has 1 aliphatic carbocycles. The lowest BCUT2D eigenvalue weighted by atomic mass is 9.89. The highest BCUT2D eigenvalue weighted by molar-refractivity contribution is 5.81. The Morgan fingerprint density at radius 2 is 1.64 bits per heavy atom. The predicted octanol–water partition coefficient (Wildman–Crippen LogP) is 6.20. The Morgan fingerprint density at radius 1 is 1.00 bits per heavy atom. The van der Waals surface area contributed by atoms with Crippen molar-refractivity contribution in [2.45, 2.75) is 60.5 Å². The van der Waals surface area contributed by atoms with Crippen molar-refractivity contribution in [2.24, 2.45) is 16.1 Å². The van der Waals surface area contributed by atoms with Crippen LogP contribution in [0.15, 0.2) is 51.2 Å². The monoisotopic (exact) mass is 296 g/mol. The fourth-order valence-corrected chi connectivity index (χ4v) is 3.04. The van der Waals surface area contributed by atoms with E-state index in [0.717, 1.165) is 0 Å². The van der Waals surface area contributed by atoms with Gasteiger partial charge in [0.2, 0.25) is 0 Å². The molecule has 0 radical (unpaired) electrons. The van der Waals surface area contributed by atoms with E-state index in [1.54, 1.807) is 0 Å². The average molecular weight is 296 g/mol. The summed E-state index contributed by atoms with van der Waals surface area (Å²) in [5.74, 6) is 0.487. The molecule has 0 aromatic heterocycles. The van der Waals surface area contributed by atoms with Gasteiger partial charge in [-0.15, -0.1) is 0 Å². The summed E-state index contributed by atoms with van der Waals surface area (Å²) in [6.45, 7) is 15.9. The van der Waals surface area contributed by atoms with E-state index in [1.807, 2.05) is 0 Å². The van der Waals surface area contributed by atoms with Crippen LogP contribution in [0.3, 0.4) is 0 Å². The Balaban J connectivity index is 2.37. The van der Waals surface area contributed by atoms with Gasteiger partial charge in [0.25, 0.3) is 0 Å². The molecule has 118 valence electrons. The van der Waals surface area contributed by atoms with Gasteiger partial charge >= 0.3 is 0 Å². The number of benzene rings is 1. The zero-order valence-electron chi connectivity index (χ0n) is 15.0. The molecule has 0 bridgehead atoms. The van der Waals surface area contributed by atoms with Crippen molar-refractivity contribution in [1.29, 1.82) is 0 Å². The summed E-state index contributed by atoms with van der Waals surface area (Å²) in [4.78, 5) is 0. The number of rotatable bonds is 3. The van der Waals surface area contributed by atoms with E-state index in [1.165, 1.54) is 33.4 Å². The first kappa shape index (κ1) is 16.7. The fraction of sp³-hybridized carbons (Fsp3) is 0.500. The van der Waals surface area contributed by atoms with Gasteiger partial charge in [0, 0.05) is 5.92 Å². The highest BCUT2D eigenvalue weighted by atomic mass is 15.1. The molecule has 0 saturated heterocycles. The Bertz CT molecular complexity index is 655. The second kappa shape index (κ2) is 6.20. The molecule has 1 aromatic rings. The number of hydrogen-bond donors (Lipinski definition) is 0. The molecule has 1 aromatic carbocycles. The van der Waals surface area contributed by atoms with Crippen LogP contribution >= 0.6 is 0 Å². The summed E-state index contributed by atoms with van der Waals surface area (Å²) in [7, 11) is 0. The van der Waals surface area contributed by atoms with Gasteiger partial charge in [-0.3, -0.25) is 0 Å². The smallest absolute Gasteiger partial charge is 0.0855 e. The molecule has 0 N–H and O–H groups in total. The number of nitrogens with zero attached hydrogens (tertiary/aromatic N) is 2. The summed E-state index contributed by atoms with van der Waals surface area (Å²) in [6, 6.07) is 8.61. The van der Waals surface area contributed by atoms with Gasteiger partial charge in [-0.2, -0.15) is 10.2 Å². The second-order valence-corrected chi connectivity index (χ2v) is 7.30. The Morgan fingerprint density at radius 3 is 2.18 bits per heavy atom. The van der Waals surface area contributed by atoms with Crippen LogP contribution in [0.5, 0.6) is 0 Å². The van der Waals surface area contributed by atoms with Gasteiger partial charge in [-0.05, 0) is 69.4 Å². The minimum absolute atomic E-state index is 0.112. The molecule has 0 heterocycles. The number of allylic oxidation sites excluding steroid dienone is 4. The Hall–Kier alpha value is -1.70. The number of hydrogen-bond acceptors (Lipinski definition) is 2. The third-order valence-corrected chi connectivity index (χ3v) is 4.56. The van der Waals surface area contributed by atoms with E-state index in [0.29, 0.717) is 12.5 Å². The van der Waals surface area contributed by atoms with Crippen molar-refractivity contribution in [3.05, 3.63) is 52.1 Å². The summed E-state index contributed by atoms with van der Waals surface area (Å²) >= 11 is 0. The Labute approximate surface area is 135 Å². The van der Waals surface area contributed by atoms with Gasteiger partial charge in [-0.1, -0.05) is 36.8 Å². The van der Waals surface area contributed by atoms with Crippen molar-refractivity contribution in [3.63, 3.8) is 0 Å². The minimum atomic E-state index is -0.112. The van der Waals surface area contributed by atoms with Gasteiger partial charge in [0.1, 0.15) is 0 Å². The molecule has 0 amide bonds. The average Bonchev–Trinajstić information content (AvgIpc) is 2.63. The minimum Gasteiger partial charge on any atom is -0.189 e. The van der Waals surface area contributed by atoms with Crippen molar-refractivity contribution in [3.8, 4) is 0 Å². The van der Waals surface area contributed by atoms with E-state index >= 15 is 0 Å². The normalized spacial score (nSPS) is 19.7. The fourth-order valence-electron chi connectivity index (χ4n) is 3.04. The maximum absolute atomic E-state index is 4.42. The largest absolute Gasteiger partial charge is 0.189 e. The van der Waals surface area contributed by atoms with Crippen LogP contribution in [0, 0.1) is 5.92 Å². The van der Waals surface area contributed by atoms with E-state index in [9.17, 15) is 0 Å².